The van der Waals surface area contributed by atoms with E-state index in [2.05, 4.69) is 18.7 Å². The molecule has 0 spiro atoms. The van der Waals surface area contributed by atoms with Gasteiger partial charge in [-0.25, -0.2) is 0 Å². The van der Waals surface area contributed by atoms with Crippen molar-refractivity contribution < 1.29 is 33.7 Å². The van der Waals surface area contributed by atoms with E-state index in [1.807, 2.05) is 6.92 Å². The Labute approximate surface area is 308 Å². The van der Waals surface area contributed by atoms with E-state index in [1.54, 1.807) is 0 Å². The number of nitrogens with zero attached hydrogens (tertiary/aromatic N) is 1. The molecule has 296 valence electrons. The van der Waals surface area contributed by atoms with Crippen molar-refractivity contribution in [2.24, 2.45) is 0 Å². The van der Waals surface area contributed by atoms with Gasteiger partial charge in [-0.05, 0) is 97.1 Å². The second-order valence-electron chi connectivity index (χ2n) is 14.6. The number of carbonyl (C=O) groups is 3. The van der Waals surface area contributed by atoms with E-state index in [-0.39, 0.29) is 36.7 Å². The zero-order valence-corrected chi connectivity index (χ0v) is 33.3. The maximum absolute atomic E-state index is 12.7. The number of carbonyl (C=O) groups excluding carboxylic acids is 3. The SMILES string of the molecule is CCCCCCCCC(CCCCCCCC)OC(=O)CCCCCCCN(CCO)CCCCCC(=O)OC(C)CCCCCOC(C)=O. The predicted molar refractivity (Wildman–Crippen MR) is 206 cm³/mol. The molecule has 0 aromatic carbocycles. The van der Waals surface area contributed by atoms with Crippen LogP contribution in [0.1, 0.15) is 207 Å². The topological polar surface area (TPSA) is 102 Å². The first-order chi connectivity index (χ1) is 24.3. The molecule has 0 heterocycles. The van der Waals surface area contributed by atoms with Gasteiger partial charge in [0.15, 0.2) is 0 Å². The third kappa shape index (κ3) is 34.8. The maximum atomic E-state index is 12.7. The Kier molecular flexibility index (Phi) is 35.9. The van der Waals surface area contributed by atoms with Crippen molar-refractivity contribution in [3.63, 3.8) is 0 Å². The Balaban J connectivity index is 4.05. The molecular formula is C42H81NO7. The lowest BCUT2D eigenvalue weighted by Gasteiger charge is -2.21. The summed E-state index contributed by atoms with van der Waals surface area (Å²) in [5.74, 6) is -0.375. The predicted octanol–water partition coefficient (Wildman–Crippen LogP) is 10.6. The van der Waals surface area contributed by atoms with E-state index < -0.39 is 0 Å². The van der Waals surface area contributed by atoms with E-state index in [1.165, 1.54) is 84.0 Å². The van der Waals surface area contributed by atoms with Gasteiger partial charge >= 0.3 is 17.9 Å². The number of esters is 3. The van der Waals surface area contributed by atoms with Gasteiger partial charge in [0.25, 0.3) is 0 Å². The van der Waals surface area contributed by atoms with Crippen molar-refractivity contribution in [2.75, 3.05) is 32.8 Å². The van der Waals surface area contributed by atoms with Crippen LogP contribution in [0.4, 0.5) is 0 Å². The largest absolute Gasteiger partial charge is 0.466 e. The highest BCUT2D eigenvalue weighted by Gasteiger charge is 2.15. The molecule has 0 fully saturated rings. The molecule has 0 aromatic rings. The van der Waals surface area contributed by atoms with Gasteiger partial charge in [-0.2, -0.15) is 0 Å². The van der Waals surface area contributed by atoms with Crippen molar-refractivity contribution in [2.45, 2.75) is 220 Å². The molecule has 0 amide bonds. The number of aliphatic hydroxyl groups excluding tert-OH is 1. The van der Waals surface area contributed by atoms with E-state index in [0.29, 0.717) is 26.0 Å². The highest BCUT2D eigenvalue weighted by atomic mass is 16.5. The van der Waals surface area contributed by atoms with Crippen LogP contribution in [0.15, 0.2) is 0 Å². The molecule has 1 atom stereocenters. The number of rotatable bonds is 38. The average molecular weight is 712 g/mol. The summed E-state index contributed by atoms with van der Waals surface area (Å²) in [7, 11) is 0. The molecule has 8 heteroatoms. The highest BCUT2D eigenvalue weighted by Crippen LogP contribution is 2.18. The molecule has 50 heavy (non-hydrogen) atoms. The second-order valence-corrected chi connectivity index (χ2v) is 14.6. The highest BCUT2D eigenvalue weighted by molar-refractivity contribution is 5.69. The van der Waals surface area contributed by atoms with Crippen LogP contribution in [0.25, 0.3) is 0 Å². The third-order valence-corrected chi connectivity index (χ3v) is 9.58. The summed E-state index contributed by atoms with van der Waals surface area (Å²) in [6.07, 6.45) is 30.0. The molecule has 0 saturated carbocycles. The first kappa shape index (κ1) is 48.3. The lowest BCUT2D eigenvalue weighted by Crippen LogP contribution is -2.29. The van der Waals surface area contributed by atoms with E-state index in [4.69, 9.17) is 14.2 Å². The molecule has 1 N–H and O–H groups in total. The number of aliphatic hydroxyl groups is 1. The summed E-state index contributed by atoms with van der Waals surface area (Å²) < 4.78 is 16.5. The van der Waals surface area contributed by atoms with Crippen LogP contribution in [-0.4, -0.2) is 73.0 Å². The minimum Gasteiger partial charge on any atom is -0.466 e. The Morgan fingerprint density at radius 1 is 0.540 bits per heavy atom. The molecule has 1 unspecified atom stereocenters. The minimum atomic E-state index is -0.243. The molecule has 0 rings (SSSR count). The van der Waals surface area contributed by atoms with Gasteiger partial charge in [0.2, 0.25) is 0 Å². The standard InChI is InChI=1S/C42H81NO7/c1-5-7-9-11-14-21-29-40(30-22-15-12-10-8-6-2)50-42(47)32-23-16-13-17-25-33-43(35-36-44)34-26-18-24-31-41(46)49-38(3)28-20-19-27-37-48-39(4)45/h38,40,44H,5-37H2,1-4H3. The monoisotopic (exact) mass is 712 g/mol. The lowest BCUT2D eigenvalue weighted by atomic mass is 10.0. The lowest BCUT2D eigenvalue weighted by molar-refractivity contribution is -0.150. The minimum absolute atomic E-state index is 0.00610. The van der Waals surface area contributed by atoms with Crippen LogP contribution in [0.5, 0.6) is 0 Å². The number of ether oxygens (including phenoxy) is 3. The summed E-state index contributed by atoms with van der Waals surface area (Å²) in [5, 5.41) is 9.53. The van der Waals surface area contributed by atoms with E-state index in [0.717, 1.165) is 103 Å². The van der Waals surface area contributed by atoms with Crippen LogP contribution in [0.3, 0.4) is 0 Å². The summed E-state index contributed by atoms with van der Waals surface area (Å²) in [5.41, 5.74) is 0. The van der Waals surface area contributed by atoms with Gasteiger partial charge in [0, 0.05) is 26.3 Å². The molecule has 8 nitrogen and oxygen atoms in total. The average Bonchev–Trinajstić information content (AvgIpc) is 3.08. The summed E-state index contributed by atoms with van der Waals surface area (Å²) >= 11 is 0. The summed E-state index contributed by atoms with van der Waals surface area (Å²) in [6.45, 7) is 11.1. The van der Waals surface area contributed by atoms with Crippen molar-refractivity contribution in [3.05, 3.63) is 0 Å². The molecule has 0 aliphatic heterocycles. The second kappa shape index (κ2) is 37.1. The Morgan fingerprint density at radius 3 is 1.52 bits per heavy atom. The molecular weight excluding hydrogens is 630 g/mol. The molecule has 0 aliphatic rings. The van der Waals surface area contributed by atoms with Gasteiger partial charge in [0.1, 0.15) is 6.10 Å². The molecule has 0 saturated heterocycles. The van der Waals surface area contributed by atoms with Crippen molar-refractivity contribution in [1.29, 1.82) is 0 Å². The Morgan fingerprint density at radius 2 is 0.980 bits per heavy atom. The molecule has 0 bridgehead atoms. The van der Waals surface area contributed by atoms with Crippen molar-refractivity contribution >= 4 is 17.9 Å². The van der Waals surface area contributed by atoms with Crippen molar-refractivity contribution in [1.82, 2.24) is 4.90 Å². The Bertz CT molecular complexity index is 761. The summed E-state index contributed by atoms with van der Waals surface area (Å²) in [6, 6.07) is 0. The van der Waals surface area contributed by atoms with Gasteiger partial charge in [-0.1, -0.05) is 104 Å². The normalized spacial score (nSPS) is 12.1. The first-order valence-electron chi connectivity index (χ1n) is 21.2. The van der Waals surface area contributed by atoms with Crippen LogP contribution in [-0.2, 0) is 28.6 Å². The van der Waals surface area contributed by atoms with Gasteiger partial charge in [-0.15, -0.1) is 0 Å². The summed E-state index contributed by atoms with van der Waals surface area (Å²) in [4.78, 5) is 38.0. The van der Waals surface area contributed by atoms with Gasteiger partial charge < -0.3 is 24.2 Å². The van der Waals surface area contributed by atoms with Gasteiger partial charge in [0.05, 0.1) is 19.3 Å². The quantitative estimate of drug-likeness (QED) is 0.0384. The van der Waals surface area contributed by atoms with Gasteiger partial charge in [-0.3, -0.25) is 14.4 Å². The van der Waals surface area contributed by atoms with Crippen LogP contribution in [0, 0.1) is 0 Å². The fourth-order valence-electron chi connectivity index (χ4n) is 6.47. The third-order valence-electron chi connectivity index (χ3n) is 9.58. The van der Waals surface area contributed by atoms with E-state index >= 15 is 0 Å². The molecule has 0 aromatic heterocycles. The number of hydrogen-bond acceptors (Lipinski definition) is 8. The smallest absolute Gasteiger partial charge is 0.306 e. The fraction of sp³-hybridized carbons (Fsp3) is 0.929. The fourth-order valence-corrected chi connectivity index (χ4v) is 6.47. The zero-order valence-electron chi connectivity index (χ0n) is 33.3. The van der Waals surface area contributed by atoms with E-state index in [9.17, 15) is 19.5 Å². The Hall–Kier alpha value is -1.67. The maximum Gasteiger partial charge on any atom is 0.306 e. The number of unbranched alkanes of at least 4 members (excludes halogenated alkanes) is 18. The van der Waals surface area contributed by atoms with Crippen molar-refractivity contribution in [3.8, 4) is 0 Å². The van der Waals surface area contributed by atoms with Crippen LogP contribution < -0.4 is 0 Å². The molecule has 0 aliphatic carbocycles. The number of hydrogen-bond donors (Lipinski definition) is 1. The first-order valence-corrected chi connectivity index (χ1v) is 21.2. The zero-order chi connectivity index (χ0) is 36.9. The van der Waals surface area contributed by atoms with Crippen LogP contribution in [0.2, 0.25) is 0 Å². The molecule has 0 radical (unpaired) electrons. The van der Waals surface area contributed by atoms with Crippen LogP contribution >= 0.6 is 0 Å².